The zero-order chi connectivity index (χ0) is 20.1. The summed E-state index contributed by atoms with van der Waals surface area (Å²) in [6.45, 7) is 3.47. The van der Waals surface area contributed by atoms with E-state index in [1.165, 1.54) is 12.7 Å². The zero-order valence-corrected chi connectivity index (χ0v) is 17.7. The van der Waals surface area contributed by atoms with Crippen molar-refractivity contribution < 1.29 is 19.1 Å². The van der Waals surface area contributed by atoms with Crippen LogP contribution in [-0.4, -0.2) is 36.6 Å². The Morgan fingerprint density at radius 3 is 2.43 bits per heavy atom. The molecule has 148 valence electrons. The highest BCUT2D eigenvalue weighted by Gasteiger charge is 2.22. The molecule has 0 aliphatic carbocycles. The second-order valence-corrected chi connectivity index (χ2v) is 9.16. The van der Waals surface area contributed by atoms with Crippen LogP contribution in [0.2, 0.25) is 0 Å². The maximum absolute atomic E-state index is 12.4. The van der Waals surface area contributed by atoms with Crippen LogP contribution in [-0.2, 0) is 9.53 Å². The Bertz CT molecular complexity index is 848. The molecule has 0 bridgehead atoms. The average Bonchev–Trinajstić information content (AvgIpc) is 3.23. The zero-order valence-electron chi connectivity index (χ0n) is 16.1. The summed E-state index contributed by atoms with van der Waals surface area (Å²) >= 11 is 3.83. The topological polar surface area (TPSA) is 64.6 Å². The number of hydrogen-bond donors (Lipinski definition) is 1. The molecule has 7 heteroatoms. The van der Waals surface area contributed by atoms with Gasteiger partial charge in [-0.1, -0.05) is 18.2 Å². The van der Waals surface area contributed by atoms with Gasteiger partial charge in [0.05, 0.1) is 22.9 Å². The van der Waals surface area contributed by atoms with E-state index in [-0.39, 0.29) is 0 Å². The summed E-state index contributed by atoms with van der Waals surface area (Å²) < 4.78 is 11.0. The van der Waals surface area contributed by atoms with Gasteiger partial charge in [0.2, 0.25) is 0 Å². The number of carbonyl (C=O) groups excluding carboxylic acids is 2. The summed E-state index contributed by atoms with van der Waals surface area (Å²) in [4.78, 5) is 24.8. The van der Waals surface area contributed by atoms with Crippen LogP contribution >= 0.6 is 23.5 Å². The van der Waals surface area contributed by atoms with Crippen LogP contribution in [0.5, 0.6) is 5.75 Å². The molecule has 1 fully saturated rings. The summed E-state index contributed by atoms with van der Waals surface area (Å²) in [5.74, 6) is 1.93. The van der Waals surface area contributed by atoms with E-state index in [9.17, 15) is 9.59 Å². The Morgan fingerprint density at radius 1 is 1.11 bits per heavy atom. The van der Waals surface area contributed by atoms with Gasteiger partial charge in [-0.2, -0.15) is 0 Å². The lowest BCUT2D eigenvalue weighted by Gasteiger charge is -2.16. The van der Waals surface area contributed by atoms with Crippen LogP contribution in [0, 0.1) is 6.92 Å². The molecular weight excluding hydrogens is 394 g/mol. The number of rotatable bonds is 6. The van der Waals surface area contributed by atoms with Crippen molar-refractivity contribution in [2.24, 2.45) is 0 Å². The first kappa shape index (κ1) is 20.6. The Balaban J connectivity index is 1.60. The van der Waals surface area contributed by atoms with Gasteiger partial charge in [-0.25, -0.2) is 4.79 Å². The summed E-state index contributed by atoms with van der Waals surface area (Å²) in [5, 5.41) is 2.76. The van der Waals surface area contributed by atoms with E-state index in [0.717, 1.165) is 17.1 Å². The minimum Gasteiger partial charge on any atom is -0.495 e. The van der Waals surface area contributed by atoms with Gasteiger partial charge >= 0.3 is 5.97 Å². The molecule has 1 heterocycles. The molecule has 2 aromatic carbocycles. The number of nitrogens with one attached hydrogen (secondary N) is 1. The second kappa shape index (κ2) is 9.39. The van der Waals surface area contributed by atoms with E-state index in [1.54, 1.807) is 25.1 Å². The lowest BCUT2D eigenvalue weighted by Crippen LogP contribution is -2.30. The van der Waals surface area contributed by atoms with Crippen molar-refractivity contribution in [3.05, 3.63) is 59.2 Å². The standard InChI is InChI=1S/C21H23NO4S2/c1-13-4-9-18(25-3)17(12-13)22-19(23)14(2)26-20(24)15-5-7-16(8-6-15)21-27-10-11-28-21/h4-9,12,14,21H,10-11H2,1-3H3,(H,22,23)/t14-/m1/s1. The molecule has 28 heavy (non-hydrogen) atoms. The number of carbonyl (C=O) groups is 2. The van der Waals surface area contributed by atoms with Crippen molar-refractivity contribution in [2.45, 2.75) is 24.5 Å². The van der Waals surface area contributed by atoms with Gasteiger partial charge in [0, 0.05) is 11.5 Å². The SMILES string of the molecule is COc1ccc(C)cc1NC(=O)[C@@H](C)OC(=O)c1ccc(C2SCCS2)cc1. The van der Waals surface area contributed by atoms with E-state index in [2.05, 4.69) is 5.32 Å². The molecular formula is C21H23NO4S2. The molecule has 1 aliphatic rings. The van der Waals surface area contributed by atoms with Crippen molar-refractivity contribution in [3.8, 4) is 5.75 Å². The molecule has 0 radical (unpaired) electrons. The first-order chi connectivity index (χ1) is 13.5. The minimum atomic E-state index is -0.932. The Labute approximate surface area is 173 Å². The number of hydrogen-bond acceptors (Lipinski definition) is 6. The van der Waals surface area contributed by atoms with Crippen molar-refractivity contribution in [2.75, 3.05) is 23.9 Å². The Hall–Kier alpha value is -2.12. The highest BCUT2D eigenvalue weighted by molar-refractivity contribution is 8.19. The molecule has 1 atom stereocenters. The molecule has 1 N–H and O–H groups in total. The number of methoxy groups -OCH3 is 1. The van der Waals surface area contributed by atoms with Crippen molar-refractivity contribution in [1.82, 2.24) is 0 Å². The highest BCUT2D eigenvalue weighted by atomic mass is 32.2. The number of thioether (sulfide) groups is 2. The number of ether oxygens (including phenoxy) is 2. The molecule has 3 rings (SSSR count). The second-order valence-electron chi connectivity index (χ2n) is 6.44. The Morgan fingerprint density at radius 2 is 1.79 bits per heavy atom. The van der Waals surface area contributed by atoms with Gasteiger partial charge in [0.25, 0.3) is 5.91 Å². The third-order valence-corrected chi connectivity index (χ3v) is 7.41. The molecule has 5 nitrogen and oxygen atoms in total. The predicted octanol–water partition coefficient (Wildman–Crippen LogP) is 4.67. The van der Waals surface area contributed by atoms with Gasteiger partial charge in [0.1, 0.15) is 5.75 Å². The van der Waals surface area contributed by atoms with Crippen molar-refractivity contribution in [1.29, 1.82) is 0 Å². The van der Waals surface area contributed by atoms with Gasteiger partial charge in [-0.05, 0) is 49.2 Å². The third-order valence-electron chi connectivity index (χ3n) is 4.31. The molecule has 2 aromatic rings. The number of amides is 1. The van der Waals surface area contributed by atoms with Crippen molar-refractivity contribution in [3.63, 3.8) is 0 Å². The van der Waals surface area contributed by atoms with Gasteiger partial charge in [0.15, 0.2) is 6.10 Å². The summed E-state index contributed by atoms with van der Waals surface area (Å²) in [7, 11) is 1.54. The fourth-order valence-corrected chi connectivity index (χ4v) is 5.62. The lowest BCUT2D eigenvalue weighted by atomic mass is 10.1. The Kier molecular flexibility index (Phi) is 6.91. The van der Waals surface area contributed by atoms with E-state index < -0.39 is 18.0 Å². The van der Waals surface area contributed by atoms with E-state index in [4.69, 9.17) is 9.47 Å². The first-order valence-electron chi connectivity index (χ1n) is 8.97. The molecule has 1 saturated heterocycles. The lowest BCUT2D eigenvalue weighted by molar-refractivity contribution is -0.123. The average molecular weight is 418 g/mol. The monoisotopic (exact) mass is 417 g/mol. The number of anilines is 1. The van der Waals surface area contributed by atoms with Crippen LogP contribution in [0.3, 0.4) is 0 Å². The van der Waals surface area contributed by atoms with Crippen molar-refractivity contribution >= 4 is 41.1 Å². The molecule has 0 unspecified atom stereocenters. The first-order valence-corrected chi connectivity index (χ1v) is 11.1. The van der Waals surface area contributed by atoms with Crippen LogP contribution in [0.1, 0.15) is 33.0 Å². The fraction of sp³-hybridized carbons (Fsp3) is 0.333. The normalized spacial score (nSPS) is 15.1. The van der Waals surface area contributed by atoms with Crippen LogP contribution in [0.4, 0.5) is 5.69 Å². The summed E-state index contributed by atoms with van der Waals surface area (Å²) in [6, 6.07) is 12.9. The molecule has 0 saturated carbocycles. The van der Waals surface area contributed by atoms with Crippen LogP contribution in [0.25, 0.3) is 0 Å². The van der Waals surface area contributed by atoms with E-state index >= 15 is 0 Å². The maximum atomic E-state index is 12.4. The number of benzene rings is 2. The van der Waals surface area contributed by atoms with Gasteiger partial charge in [-0.15, -0.1) is 23.5 Å². The summed E-state index contributed by atoms with van der Waals surface area (Å²) in [6.07, 6.45) is -0.932. The molecule has 0 aromatic heterocycles. The highest BCUT2D eigenvalue weighted by Crippen LogP contribution is 2.45. The molecule has 1 amide bonds. The molecule has 0 spiro atoms. The van der Waals surface area contributed by atoms with Gasteiger partial charge in [-0.3, -0.25) is 4.79 Å². The smallest absolute Gasteiger partial charge is 0.338 e. The predicted molar refractivity (Wildman–Crippen MR) is 115 cm³/mol. The van der Waals surface area contributed by atoms with Crippen LogP contribution in [0.15, 0.2) is 42.5 Å². The molecule has 1 aliphatic heterocycles. The quantitative estimate of drug-likeness (QED) is 0.690. The van der Waals surface area contributed by atoms with E-state index in [0.29, 0.717) is 21.6 Å². The van der Waals surface area contributed by atoms with Crippen LogP contribution < -0.4 is 10.1 Å². The number of aryl methyl sites for hydroxylation is 1. The summed E-state index contributed by atoms with van der Waals surface area (Å²) in [5.41, 5.74) is 3.16. The third kappa shape index (κ3) is 5.02. The largest absolute Gasteiger partial charge is 0.495 e. The number of esters is 1. The fourth-order valence-electron chi connectivity index (χ4n) is 2.76. The van der Waals surface area contributed by atoms with Gasteiger partial charge < -0.3 is 14.8 Å². The minimum absolute atomic E-state index is 0.410. The maximum Gasteiger partial charge on any atom is 0.338 e. The van der Waals surface area contributed by atoms with E-state index in [1.807, 2.05) is 54.7 Å².